The van der Waals surface area contributed by atoms with Crippen LogP contribution in [0.3, 0.4) is 0 Å². The van der Waals surface area contributed by atoms with Crippen molar-refractivity contribution in [3.8, 4) is 5.75 Å². The fraction of sp³-hybridized carbons (Fsp3) is 0.280. The summed E-state index contributed by atoms with van der Waals surface area (Å²) in [7, 11) is 0. The molecule has 2 aromatic carbocycles. The maximum Gasteiger partial charge on any atom is 0.262 e. The first-order valence-electron chi connectivity index (χ1n) is 11.3. The summed E-state index contributed by atoms with van der Waals surface area (Å²) < 4.78 is 8.44. The van der Waals surface area contributed by atoms with Crippen LogP contribution in [-0.4, -0.2) is 47.0 Å². The number of hydrogen-bond donors (Lipinski definition) is 2. The van der Waals surface area contributed by atoms with Crippen molar-refractivity contribution in [2.45, 2.75) is 19.4 Å². The molecule has 0 aliphatic carbocycles. The molecule has 1 aliphatic heterocycles. The molecular weight excluding hydrogens is 514 g/mol. The lowest BCUT2D eigenvalue weighted by molar-refractivity contribution is -0.126. The summed E-state index contributed by atoms with van der Waals surface area (Å²) in [4.78, 5) is 42.7. The van der Waals surface area contributed by atoms with Crippen LogP contribution in [0.4, 0.5) is 11.4 Å². The van der Waals surface area contributed by atoms with E-state index >= 15 is 0 Å². The van der Waals surface area contributed by atoms with E-state index in [9.17, 15) is 14.4 Å². The number of anilines is 2. The van der Waals surface area contributed by atoms with Gasteiger partial charge in [-0.3, -0.25) is 14.4 Å². The quantitative estimate of drug-likeness (QED) is 0.385. The molecule has 1 fully saturated rings. The van der Waals surface area contributed by atoms with Gasteiger partial charge in [-0.25, -0.2) is 4.98 Å². The van der Waals surface area contributed by atoms with E-state index in [2.05, 4.69) is 31.5 Å². The predicted molar refractivity (Wildman–Crippen MR) is 135 cm³/mol. The lowest BCUT2D eigenvalue weighted by atomic mass is 10.1. The smallest absolute Gasteiger partial charge is 0.262 e. The van der Waals surface area contributed by atoms with Crippen LogP contribution in [0.5, 0.6) is 5.75 Å². The molecule has 0 bridgehead atoms. The number of rotatable bonds is 10. The van der Waals surface area contributed by atoms with E-state index in [4.69, 9.17) is 4.74 Å². The van der Waals surface area contributed by atoms with Crippen LogP contribution in [0.1, 0.15) is 12.8 Å². The molecule has 1 aliphatic rings. The average Bonchev–Trinajstić information content (AvgIpc) is 3.52. The number of carbonyl (C=O) groups is 3. The Morgan fingerprint density at radius 1 is 1.11 bits per heavy atom. The van der Waals surface area contributed by atoms with Gasteiger partial charge in [0.2, 0.25) is 11.8 Å². The second-order valence-corrected chi connectivity index (χ2v) is 9.10. The Hall–Kier alpha value is -3.66. The summed E-state index contributed by atoms with van der Waals surface area (Å²) in [5.74, 6) is -0.341. The van der Waals surface area contributed by atoms with Crippen molar-refractivity contribution in [3.63, 3.8) is 0 Å². The van der Waals surface area contributed by atoms with Gasteiger partial charge in [0.25, 0.3) is 5.91 Å². The number of ether oxygens (including phenoxy) is 1. The minimum atomic E-state index is -0.381. The number of hydrogen-bond acceptors (Lipinski definition) is 5. The fourth-order valence-electron chi connectivity index (χ4n) is 3.77. The minimum absolute atomic E-state index is 0.0916. The van der Waals surface area contributed by atoms with Gasteiger partial charge in [0.05, 0.1) is 12.2 Å². The maximum absolute atomic E-state index is 12.5. The zero-order chi connectivity index (χ0) is 24.6. The summed E-state index contributed by atoms with van der Waals surface area (Å²) in [5, 5.41) is 5.69. The van der Waals surface area contributed by atoms with Gasteiger partial charge < -0.3 is 24.8 Å². The molecule has 35 heavy (non-hydrogen) atoms. The second-order valence-electron chi connectivity index (χ2n) is 8.19. The van der Waals surface area contributed by atoms with Crippen LogP contribution in [0.2, 0.25) is 0 Å². The van der Waals surface area contributed by atoms with Crippen LogP contribution in [0.25, 0.3) is 0 Å². The highest BCUT2D eigenvalue weighted by Crippen LogP contribution is 2.27. The van der Waals surface area contributed by atoms with E-state index < -0.39 is 0 Å². The summed E-state index contributed by atoms with van der Waals surface area (Å²) in [6.07, 6.45) is 6.31. The van der Waals surface area contributed by atoms with Crippen molar-refractivity contribution in [1.29, 1.82) is 0 Å². The molecule has 0 unspecified atom stereocenters. The zero-order valence-corrected chi connectivity index (χ0v) is 20.6. The number of benzene rings is 2. The van der Waals surface area contributed by atoms with Gasteiger partial charge >= 0.3 is 0 Å². The molecule has 9 nitrogen and oxygen atoms in total. The van der Waals surface area contributed by atoms with E-state index in [1.54, 1.807) is 53.8 Å². The first kappa shape index (κ1) is 24.5. The predicted octanol–water partition coefficient (Wildman–Crippen LogP) is 3.22. The molecule has 10 heteroatoms. The molecule has 3 amide bonds. The maximum atomic E-state index is 12.5. The van der Waals surface area contributed by atoms with Crippen LogP contribution < -0.4 is 20.3 Å². The van der Waals surface area contributed by atoms with Gasteiger partial charge in [-0.05, 0) is 55.0 Å². The summed E-state index contributed by atoms with van der Waals surface area (Å²) >= 11 is 3.35. The van der Waals surface area contributed by atoms with Crippen LogP contribution in [0, 0.1) is 5.92 Å². The Balaban J connectivity index is 1.21. The van der Waals surface area contributed by atoms with Gasteiger partial charge in [0.1, 0.15) is 5.75 Å². The Labute approximate surface area is 211 Å². The average molecular weight is 540 g/mol. The molecule has 182 valence electrons. The van der Waals surface area contributed by atoms with E-state index in [0.717, 1.165) is 17.4 Å². The SMILES string of the molecule is O=C(COc1ccc(N2C[C@@H](C(=O)NCCCn3ccnc3)CC2=O)cc1)Nc1ccc(Br)cc1. The molecule has 1 saturated heterocycles. The molecule has 2 heterocycles. The third-order valence-corrected chi connectivity index (χ3v) is 6.12. The fourth-order valence-corrected chi connectivity index (χ4v) is 4.04. The lowest BCUT2D eigenvalue weighted by Gasteiger charge is -2.17. The Morgan fingerprint density at radius 2 is 1.89 bits per heavy atom. The highest BCUT2D eigenvalue weighted by Gasteiger charge is 2.34. The van der Waals surface area contributed by atoms with Gasteiger partial charge in [0.15, 0.2) is 6.61 Å². The van der Waals surface area contributed by atoms with E-state index in [1.165, 1.54) is 0 Å². The summed E-state index contributed by atoms with van der Waals surface area (Å²) in [6.45, 7) is 1.52. The number of carbonyl (C=O) groups excluding carboxylic acids is 3. The number of aromatic nitrogens is 2. The van der Waals surface area contributed by atoms with Gasteiger partial charge in [-0.2, -0.15) is 0 Å². The zero-order valence-electron chi connectivity index (χ0n) is 19.0. The third-order valence-electron chi connectivity index (χ3n) is 5.59. The highest BCUT2D eigenvalue weighted by atomic mass is 79.9. The number of halogens is 1. The van der Waals surface area contributed by atoms with E-state index in [-0.39, 0.29) is 36.7 Å². The first-order valence-corrected chi connectivity index (χ1v) is 12.1. The van der Waals surface area contributed by atoms with Crippen molar-refractivity contribution < 1.29 is 19.1 Å². The van der Waals surface area contributed by atoms with E-state index in [0.29, 0.717) is 30.2 Å². The molecule has 0 radical (unpaired) electrons. The number of aryl methyl sites for hydroxylation is 1. The van der Waals surface area contributed by atoms with Gasteiger partial charge in [-0.15, -0.1) is 0 Å². The molecule has 4 rings (SSSR count). The number of imidazole rings is 1. The van der Waals surface area contributed by atoms with Crippen molar-refractivity contribution in [2.75, 3.05) is 29.9 Å². The Morgan fingerprint density at radius 3 is 2.60 bits per heavy atom. The van der Waals surface area contributed by atoms with Crippen LogP contribution in [-0.2, 0) is 20.9 Å². The van der Waals surface area contributed by atoms with Gasteiger partial charge in [0, 0.05) is 54.3 Å². The molecule has 3 aromatic rings. The minimum Gasteiger partial charge on any atom is -0.484 e. The highest BCUT2D eigenvalue weighted by molar-refractivity contribution is 9.10. The number of amides is 3. The van der Waals surface area contributed by atoms with Gasteiger partial charge in [-0.1, -0.05) is 15.9 Å². The Bertz CT molecular complexity index is 1150. The molecule has 0 spiro atoms. The van der Waals surface area contributed by atoms with Crippen molar-refractivity contribution >= 4 is 45.0 Å². The van der Waals surface area contributed by atoms with Crippen molar-refractivity contribution in [2.24, 2.45) is 5.92 Å². The van der Waals surface area contributed by atoms with Crippen LogP contribution in [0.15, 0.2) is 71.7 Å². The molecule has 0 saturated carbocycles. The standard InChI is InChI=1S/C25H26BrN5O4/c26-19-2-4-20(5-3-19)29-23(32)16-35-22-8-6-21(7-9-22)31-15-18(14-24(31)33)25(34)28-10-1-12-30-13-11-27-17-30/h2-9,11,13,17-18H,1,10,12,14-16H2,(H,28,34)(H,29,32)/t18-/m0/s1. The Kier molecular flexibility index (Phi) is 8.15. The number of nitrogens with zero attached hydrogens (tertiary/aromatic N) is 3. The normalized spacial score (nSPS) is 15.2. The molecule has 1 atom stereocenters. The van der Waals surface area contributed by atoms with Crippen molar-refractivity contribution in [1.82, 2.24) is 14.9 Å². The van der Waals surface area contributed by atoms with E-state index in [1.807, 2.05) is 22.9 Å². The van der Waals surface area contributed by atoms with Crippen molar-refractivity contribution in [3.05, 3.63) is 71.7 Å². The molecule has 2 N–H and O–H groups in total. The van der Waals surface area contributed by atoms with Crippen LogP contribution >= 0.6 is 15.9 Å². The number of nitrogens with one attached hydrogen (secondary N) is 2. The molecular formula is C25H26BrN5O4. The third kappa shape index (κ3) is 6.92. The first-order chi connectivity index (χ1) is 17.0. The largest absolute Gasteiger partial charge is 0.484 e. The second kappa shape index (κ2) is 11.7. The summed E-state index contributed by atoms with van der Waals surface area (Å²) in [6, 6.07) is 14.2. The molecule has 1 aromatic heterocycles. The lowest BCUT2D eigenvalue weighted by Crippen LogP contribution is -2.33. The topological polar surface area (TPSA) is 106 Å². The monoisotopic (exact) mass is 539 g/mol. The summed E-state index contributed by atoms with van der Waals surface area (Å²) in [5.41, 5.74) is 1.37.